The van der Waals surface area contributed by atoms with Gasteiger partial charge in [0.2, 0.25) is 0 Å². The molecule has 1 N–H and O–H groups in total. The maximum absolute atomic E-state index is 12.9. The average molecular weight is 404 g/mol. The number of nitrogens with zero attached hydrogens (tertiary/aromatic N) is 3. The Labute approximate surface area is 179 Å². The first kappa shape index (κ1) is 18.8. The number of pyridine rings is 1. The van der Waals surface area contributed by atoms with E-state index in [-0.39, 0.29) is 5.56 Å². The summed E-state index contributed by atoms with van der Waals surface area (Å²) in [7, 11) is 0. The normalized spacial score (nSPS) is 11.4. The second-order valence-electron chi connectivity index (χ2n) is 7.28. The molecule has 3 aromatic carbocycles. The number of aromatic nitrogens is 3. The number of para-hydroxylation sites is 2. The van der Waals surface area contributed by atoms with Crippen LogP contribution in [0, 0.1) is 6.92 Å². The van der Waals surface area contributed by atoms with Crippen LogP contribution in [-0.2, 0) is 0 Å². The van der Waals surface area contributed by atoms with Gasteiger partial charge in [-0.15, -0.1) is 0 Å². The Bertz CT molecular complexity index is 1450. The lowest BCUT2D eigenvalue weighted by Gasteiger charge is -2.07. The molecule has 5 aromatic rings. The molecule has 0 amide bonds. The lowest BCUT2D eigenvalue weighted by Crippen LogP contribution is -2.17. The Morgan fingerprint density at radius 1 is 0.903 bits per heavy atom. The number of hydrogen-bond acceptors (Lipinski definition) is 3. The van der Waals surface area contributed by atoms with Gasteiger partial charge in [-0.3, -0.25) is 19.9 Å². The highest BCUT2D eigenvalue weighted by molar-refractivity contribution is 6.00. The lowest BCUT2D eigenvalue weighted by molar-refractivity contribution is 0.835. The Kier molecular flexibility index (Phi) is 4.77. The van der Waals surface area contributed by atoms with Crippen LogP contribution in [0.15, 0.2) is 101 Å². The zero-order valence-electron chi connectivity index (χ0n) is 17.0. The molecule has 2 heterocycles. The Hall–Kier alpha value is -4.25. The summed E-state index contributed by atoms with van der Waals surface area (Å²) in [5.41, 5.74) is 5.70. The fourth-order valence-electron chi connectivity index (χ4n) is 3.74. The van der Waals surface area contributed by atoms with Crippen LogP contribution in [-0.4, -0.2) is 21.0 Å². The number of nitrogens with one attached hydrogen (secondary N) is 1. The zero-order valence-corrected chi connectivity index (χ0v) is 17.0. The lowest BCUT2D eigenvalue weighted by atomic mass is 10.0. The third-order valence-electron chi connectivity index (χ3n) is 5.30. The van der Waals surface area contributed by atoms with Gasteiger partial charge in [-0.2, -0.15) is 0 Å². The van der Waals surface area contributed by atoms with Crippen LogP contribution in [0.5, 0.6) is 0 Å². The van der Waals surface area contributed by atoms with Crippen molar-refractivity contribution in [3.05, 3.63) is 113 Å². The number of aromatic amines is 1. The van der Waals surface area contributed by atoms with Crippen LogP contribution in [0.1, 0.15) is 11.3 Å². The maximum Gasteiger partial charge on any atom is 0.280 e. The van der Waals surface area contributed by atoms with E-state index in [1.807, 2.05) is 79.7 Å². The average Bonchev–Trinajstić information content (AvgIpc) is 3.11. The van der Waals surface area contributed by atoms with Crippen molar-refractivity contribution in [1.29, 1.82) is 0 Å². The topological polar surface area (TPSA) is 63.0 Å². The Morgan fingerprint density at radius 2 is 1.65 bits per heavy atom. The van der Waals surface area contributed by atoms with Crippen LogP contribution in [0.25, 0.3) is 27.7 Å². The van der Waals surface area contributed by atoms with E-state index in [1.165, 1.54) is 4.68 Å². The molecule has 5 nitrogen and oxygen atoms in total. The molecule has 0 radical (unpaired) electrons. The van der Waals surface area contributed by atoms with E-state index in [1.54, 1.807) is 12.4 Å². The smallest absolute Gasteiger partial charge is 0.280 e. The molecule has 2 aromatic heterocycles. The van der Waals surface area contributed by atoms with Gasteiger partial charge in [0.05, 0.1) is 22.5 Å². The van der Waals surface area contributed by atoms with Crippen LogP contribution < -0.4 is 5.56 Å². The molecule has 0 bridgehead atoms. The highest BCUT2D eigenvalue weighted by atomic mass is 16.1. The van der Waals surface area contributed by atoms with Gasteiger partial charge in [0, 0.05) is 23.5 Å². The highest BCUT2D eigenvalue weighted by Gasteiger charge is 2.11. The monoisotopic (exact) mass is 404 g/mol. The van der Waals surface area contributed by atoms with Gasteiger partial charge >= 0.3 is 0 Å². The minimum Gasteiger partial charge on any atom is -0.295 e. The number of rotatable bonds is 4. The van der Waals surface area contributed by atoms with Crippen molar-refractivity contribution in [1.82, 2.24) is 14.8 Å². The number of fused-ring (bicyclic) bond motifs is 1. The summed E-state index contributed by atoms with van der Waals surface area (Å²) in [5, 5.41) is 4.15. The van der Waals surface area contributed by atoms with Crippen molar-refractivity contribution < 1.29 is 0 Å². The highest BCUT2D eigenvalue weighted by Crippen LogP contribution is 2.32. The van der Waals surface area contributed by atoms with Gasteiger partial charge in [-0.25, -0.2) is 4.68 Å². The van der Waals surface area contributed by atoms with Crippen LogP contribution >= 0.6 is 0 Å². The predicted octanol–water partition coefficient (Wildman–Crippen LogP) is 5.44. The SMILES string of the molecule is Cc1[nH]n(-c2ccccc2)c(=O)c1C=Nc1cccc2c(-c3ccccc3)ccnc12. The summed E-state index contributed by atoms with van der Waals surface area (Å²) >= 11 is 0. The molecule has 0 unspecified atom stereocenters. The number of hydrogen-bond donors (Lipinski definition) is 1. The molecule has 5 rings (SSSR count). The van der Waals surface area contributed by atoms with E-state index >= 15 is 0 Å². The zero-order chi connectivity index (χ0) is 21.2. The summed E-state index contributed by atoms with van der Waals surface area (Å²) in [6.07, 6.45) is 3.42. The third-order valence-corrected chi connectivity index (χ3v) is 5.30. The number of aryl methyl sites for hydroxylation is 1. The molecule has 0 aliphatic carbocycles. The molecule has 0 saturated heterocycles. The first-order chi connectivity index (χ1) is 15.2. The molecule has 0 atom stereocenters. The van der Waals surface area contributed by atoms with E-state index in [2.05, 4.69) is 27.2 Å². The molecular weight excluding hydrogens is 384 g/mol. The quantitative estimate of drug-likeness (QED) is 0.406. The molecule has 0 fully saturated rings. The summed E-state index contributed by atoms with van der Waals surface area (Å²) in [5.74, 6) is 0. The van der Waals surface area contributed by atoms with Crippen molar-refractivity contribution >= 4 is 22.8 Å². The molecule has 150 valence electrons. The van der Waals surface area contributed by atoms with Crippen molar-refractivity contribution in [3.63, 3.8) is 0 Å². The van der Waals surface area contributed by atoms with Gasteiger partial charge in [-0.05, 0) is 42.3 Å². The summed E-state index contributed by atoms with van der Waals surface area (Å²) < 4.78 is 1.53. The molecule has 0 saturated carbocycles. The summed E-state index contributed by atoms with van der Waals surface area (Å²) in [4.78, 5) is 22.2. The molecule has 0 spiro atoms. The molecule has 31 heavy (non-hydrogen) atoms. The van der Waals surface area contributed by atoms with Crippen molar-refractivity contribution in [2.45, 2.75) is 6.92 Å². The van der Waals surface area contributed by atoms with E-state index in [4.69, 9.17) is 0 Å². The molecule has 5 heteroatoms. The van der Waals surface area contributed by atoms with Crippen molar-refractivity contribution in [3.8, 4) is 16.8 Å². The molecule has 0 aliphatic heterocycles. The summed E-state index contributed by atoms with van der Waals surface area (Å²) in [6, 6.07) is 27.7. The van der Waals surface area contributed by atoms with Gasteiger partial charge in [0.25, 0.3) is 5.56 Å². The van der Waals surface area contributed by atoms with Crippen LogP contribution in [0.4, 0.5) is 5.69 Å². The van der Waals surface area contributed by atoms with Gasteiger partial charge in [0.15, 0.2) is 0 Å². The first-order valence-electron chi connectivity index (χ1n) is 10.1. The second kappa shape index (κ2) is 7.88. The minimum absolute atomic E-state index is 0.134. The van der Waals surface area contributed by atoms with Crippen molar-refractivity contribution in [2.75, 3.05) is 0 Å². The molecule has 0 aliphatic rings. The number of aliphatic imine (C=N–C) groups is 1. The first-order valence-corrected chi connectivity index (χ1v) is 10.1. The predicted molar refractivity (Wildman–Crippen MR) is 126 cm³/mol. The van der Waals surface area contributed by atoms with Gasteiger partial charge in [0.1, 0.15) is 0 Å². The summed E-state index contributed by atoms with van der Waals surface area (Å²) in [6.45, 7) is 1.87. The number of H-pyrrole nitrogens is 1. The Balaban J connectivity index is 1.58. The van der Waals surface area contributed by atoms with Gasteiger partial charge in [-0.1, -0.05) is 60.7 Å². The minimum atomic E-state index is -0.134. The van der Waals surface area contributed by atoms with E-state index in [9.17, 15) is 4.79 Å². The van der Waals surface area contributed by atoms with Gasteiger partial charge < -0.3 is 0 Å². The van der Waals surface area contributed by atoms with E-state index < -0.39 is 0 Å². The fraction of sp³-hybridized carbons (Fsp3) is 0.0385. The van der Waals surface area contributed by atoms with E-state index in [0.29, 0.717) is 5.56 Å². The third kappa shape index (κ3) is 3.46. The van der Waals surface area contributed by atoms with Crippen LogP contribution in [0.2, 0.25) is 0 Å². The fourth-order valence-corrected chi connectivity index (χ4v) is 3.74. The van der Waals surface area contributed by atoms with E-state index in [0.717, 1.165) is 39.1 Å². The maximum atomic E-state index is 12.9. The largest absolute Gasteiger partial charge is 0.295 e. The van der Waals surface area contributed by atoms with Crippen LogP contribution in [0.3, 0.4) is 0 Å². The Morgan fingerprint density at radius 3 is 2.42 bits per heavy atom. The standard InChI is InChI=1S/C26H20N4O/c1-18-23(26(31)30(29-18)20-11-6-3-7-12-20)17-28-24-14-8-13-22-21(15-16-27-25(22)24)19-9-4-2-5-10-19/h2-17,29H,1H3. The number of benzene rings is 3. The molecular formula is C26H20N4O. The second-order valence-corrected chi connectivity index (χ2v) is 7.28. The van der Waals surface area contributed by atoms with Crippen molar-refractivity contribution in [2.24, 2.45) is 4.99 Å².